The number of rotatable bonds is 2. The lowest BCUT2D eigenvalue weighted by Gasteiger charge is -2.14. The first kappa shape index (κ1) is 15.1. The standard InChI is InChI=1S/C13H6BrClF3I/c14-13(7-2-1-6(16)3-12(7)19)8-4-10(17)11(18)5-9(8)15/h1-5,13H. The smallest absolute Gasteiger partial charge is 0.160 e. The van der Waals surface area contributed by atoms with Crippen molar-refractivity contribution in [1.82, 2.24) is 0 Å². The van der Waals surface area contributed by atoms with Gasteiger partial charge in [0, 0.05) is 8.59 Å². The predicted molar refractivity (Wildman–Crippen MR) is 81.3 cm³/mol. The maximum atomic E-state index is 13.3. The van der Waals surface area contributed by atoms with Gasteiger partial charge < -0.3 is 0 Å². The third-order valence-corrected chi connectivity index (χ3v) is 4.80. The molecule has 100 valence electrons. The van der Waals surface area contributed by atoms with Crippen LogP contribution in [0.3, 0.4) is 0 Å². The van der Waals surface area contributed by atoms with Crippen LogP contribution in [0, 0.1) is 21.0 Å². The molecule has 0 heterocycles. The summed E-state index contributed by atoms with van der Waals surface area (Å²) in [7, 11) is 0. The zero-order chi connectivity index (χ0) is 14.2. The largest absolute Gasteiger partial charge is 0.207 e. The Morgan fingerprint density at radius 2 is 1.63 bits per heavy atom. The molecule has 0 saturated carbocycles. The summed E-state index contributed by atoms with van der Waals surface area (Å²) in [5.74, 6) is -2.33. The number of hydrogen-bond acceptors (Lipinski definition) is 0. The van der Waals surface area contributed by atoms with Gasteiger partial charge >= 0.3 is 0 Å². The summed E-state index contributed by atoms with van der Waals surface area (Å²) in [5, 5.41) is 0.112. The van der Waals surface area contributed by atoms with Gasteiger partial charge in [0.25, 0.3) is 0 Å². The molecule has 0 aromatic heterocycles. The topological polar surface area (TPSA) is 0 Å². The van der Waals surface area contributed by atoms with Crippen LogP contribution >= 0.6 is 50.1 Å². The molecule has 6 heteroatoms. The first-order valence-electron chi connectivity index (χ1n) is 5.13. The molecule has 2 rings (SSSR count). The van der Waals surface area contributed by atoms with E-state index in [2.05, 4.69) is 15.9 Å². The third kappa shape index (κ3) is 3.25. The monoisotopic (exact) mass is 460 g/mol. The number of alkyl halides is 1. The van der Waals surface area contributed by atoms with Gasteiger partial charge in [-0.2, -0.15) is 0 Å². The van der Waals surface area contributed by atoms with E-state index < -0.39 is 16.5 Å². The fourth-order valence-electron chi connectivity index (χ4n) is 1.61. The maximum absolute atomic E-state index is 13.3. The van der Waals surface area contributed by atoms with E-state index in [1.165, 1.54) is 12.1 Å². The van der Waals surface area contributed by atoms with E-state index in [1.54, 1.807) is 6.07 Å². The van der Waals surface area contributed by atoms with E-state index in [-0.39, 0.29) is 10.8 Å². The minimum atomic E-state index is -0.998. The Labute approximate surface area is 135 Å². The van der Waals surface area contributed by atoms with Crippen molar-refractivity contribution in [2.75, 3.05) is 0 Å². The molecule has 2 aromatic carbocycles. The van der Waals surface area contributed by atoms with Crippen LogP contribution in [-0.4, -0.2) is 0 Å². The maximum Gasteiger partial charge on any atom is 0.160 e. The van der Waals surface area contributed by atoms with Crippen LogP contribution in [0.2, 0.25) is 5.02 Å². The molecule has 0 fully saturated rings. The van der Waals surface area contributed by atoms with Crippen LogP contribution in [0.5, 0.6) is 0 Å². The molecule has 0 nitrogen and oxygen atoms in total. The summed E-state index contributed by atoms with van der Waals surface area (Å²) in [4.78, 5) is -0.442. The van der Waals surface area contributed by atoms with Gasteiger partial charge in [-0.15, -0.1) is 0 Å². The average Bonchev–Trinajstić information content (AvgIpc) is 2.33. The first-order valence-corrected chi connectivity index (χ1v) is 7.51. The van der Waals surface area contributed by atoms with Crippen molar-refractivity contribution in [1.29, 1.82) is 0 Å². The van der Waals surface area contributed by atoms with Crippen molar-refractivity contribution >= 4 is 50.1 Å². The summed E-state index contributed by atoms with van der Waals surface area (Å²) in [5.41, 5.74) is 1.12. The molecule has 19 heavy (non-hydrogen) atoms. The number of hydrogen-bond donors (Lipinski definition) is 0. The lowest BCUT2D eigenvalue weighted by atomic mass is 10.0. The zero-order valence-electron chi connectivity index (χ0n) is 9.23. The highest BCUT2D eigenvalue weighted by Gasteiger charge is 2.19. The van der Waals surface area contributed by atoms with Gasteiger partial charge in [-0.05, 0) is 58.0 Å². The lowest BCUT2D eigenvalue weighted by Crippen LogP contribution is -1.99. The van der Waals surface area contributed by atoms with Crippen molar-refractivity contribution in [2.45, 2.75) is 4.83 Å². The molecule has 0 aliphatic carbocycles. The van der Waals surface area contributed by atoms with Crippen LogP contribution in [-0.2, 0) is 0 Å². The van der Waals surface area contributed by atoms with Gasteiger partial charge in [0.1, 0.15) is 5.82 Å². The lowest BCUT2D eigenvalue weighted by molar-refractivity contribution is 0.507. The normalized spacial score (nSPS) is 12.5. The minimum absolute atomic E-state index is 0.112. The van der Waals surface area contributed by atoms with E-state index in [4.69, 9.17) is 11.6 Å². The van der Waals surface area contributed by atoms with Gasteiger partial charge in [-0.1, -0.05) is 33.6 Å². The Morgan fingerprint density at radius 3 is 2.26 bits per heavy atom. The molecular weight excluding hydrogens is 455 g/mol. The Hall–Kier alpha value is -0.270. The van der Waals surface area contributed by atoms with Gasteiger partial charge in [-0.25, -0.2) is 13.2 Å². The van der Waals surface area contributed by atoms with Crippen molar-refractivity contribution in [3.63, 3.8) is 0 Å². The average molecular weight is 461 g/mol. The van der Waals surface area contributed by atoms with Gasteiger partial charge in [0.15, 0.2) is 11.6 Å². The molecule has 2 aromatic rings. The predicted octanol–water partition coefficient (Wildman–Crippen LogP) is 5.85. The van der Waals surface area contributed by atoms with Crippen molar-refractivity contribution in [3.05, 3.63) is 67.5 Å². The minimum Gasteiger partial charge on any atom is -0.207 e. The Morgan fingerprint density at radius 1 is 1.00 bits per heavy atom. The fraction of sp³-hybridized carbons (Fsp3) is 0.0769. The van der Waals surface area contributed by atoms with E-state index in [0.717, 1.165) is 17.7 Å². The second-order valence-corrected chi connectivity index (χ2v) is 6.30. The molecule has 0 N–H and O–H groups in total. The van der Waals surface area contributed by atoms with Crippen molar-refractivity contribution in [3.8, 4) is 0 Å². The molecule has 0 radical (unpaired) electrons. The molecule has 0 saturated heterocycles. The Kier molecular flexibility index (Phi) is 4.79. The number of benzene rings is 2. The first-order chi connectivity index (χ1) is 8.90. The molecule has 0 amide bonds. The van der Waals surface area contributed by atoms with Crippen LogP contribution in [0.25, 0.3) is 0 Å². The van der Waals surface area contributed by atoms with Crippen LogP contribution in [0.15, 0.2) is 30.3 Å². The Bertz CT molecular complexity index is 634. The summed E-state index contributed by atoms with van der Waals surface area (Å²) in [6.07, 6.45) is 0. The highest BCUT2D eigenvalue weighted by molar-refractivity contribution is 14.1. The highest BCUT2D eigenvalue weighted by Crippen LogP contribution is 2.38. The van der Waals surface area contributed by atoms with Gasteiger partial charge in [0.05, 0.1) is 4.83 Å². The van der Waals surface area contributed by atoms with Gasteiger partial charge in [-0.3, -0.25) is 0 Å². The van der Waals surface area contributed by atoms with Crippen molar-refractivity contribution in [2.24, 2.45) is 0 Å². The molecule has 0 bridgehead atoms. The summed E-state index contributed by atoms with van der Waals surface area (Å²) < 4.78 is 40.0. The summed E-state index contributed by atoms with van der Waals surface area (Å²) >= 11 is 11.3. The molecular formula is C13H6BrClF3I. The fourth-order valence-corrected chi connectivity index (χ4v) is 3.99. The molecule has 0 spiro atoms. The van der Waals surface area contributed by atoms with E-state index in [9.17, 15) is 13.2 Å². The third-order valence-electron chi connectivity index (χ3n) is 2.55. The van der Waals surface area contributed by atoms with E-state index in [1.807, 2.05) is 22.6 Å². The molecule has 1 unspecified atom stereocenters. The van der Waals surface area contributed by atoms with Gasteiger partial charge in [0.2, 0.25) is 0 Å². The molecule has 1 atom stereocenters. The number of halogens is 6. The molecule has 0 aliphatic rings. The second kappa shape index (κ2) is 6.01. The summed E-state index contributed by atoms with van der Waals surface area (Å²) in [6.45, 7) is 0. The Balaban J connectivity index is 2.49. The van der Waals surface area contributed by atoms with Crippen molar-refractivity contribution < 1.29 is 13.2 Å². The quantitative estimate of drug-likeness (QED) is 0.299. The highest BCUT2D eigenvalue weighted by atomic mass is 127. The van der Waals surface area contributed by atoms with Crippen LogP contribution < -0.4 is 0 Å². The second-order valence-electron chi connectivity index (χ2n) is 3.82. The SMILES string of the molecule is Fc1ccc(C(Br)c2cc(F)c(F)cc2Cl)c(I)c1. The van der Waals surface area contributed by atoms with E-state index in [0.29, 0.717) is 9.13 Å². The molecule has 0 aliphatic heterocycles. The zero-order valence-corrected chi connectivity index (χ0v) is 13.7. The van der Waals surface area contributed by atoms with Crippen LogP contribution in [0.4, 0.5) is 13.2 Å². The van der Waals surface area contributed by atoms with Crippen LogP contribution in [0.1, 0.15) is 16.0 Å². The summed E-state index contributed by atoms with van der Waals surface area (Å²) in [6, 6.07) is 6.21. The van der Waals surface area contributed by atoms with E-state index >= 15 is 0 Å².